The van der Waals surface area contributed by atoms with Crippen molar-refractivity contribution in [2.75, 3.05) is 26.2 Å². The lowest BCUT2D eigenvalue weighted by molar-refractivity contribution is -0.139. The molecule has 3 rings (SSSR count). The lowest BCUT2D eigenvalue weighted by Crippen LogP contribution is -2.53. The molecular weight excluding hydrogens is 435 g/mol. The van der Waals surface area contributed by atoms with Crippen LogP contribution < -0.4 is 4.74 Å². The molecule has 0 radical (unpaired) electrons. The van der Waals surface area contributed by atoms with Crippen molar-refractivity contribution in [1.82, 2.24) is 9.21 Å². The van der Waals surface area contributed by atoms with Crippen LogP contribution in [-0.2, 0) is 20.6 Å². The number of hydrogen-bond donors (Lipinski definition) is 0. The molecule has 1 unspecified atom stereocenters. The van der Waals surface area contributed by atoms with Gasteiger partial charge in [0.25, 0.3) is 5.91 Å². The summed E-state index contributed by atoms with van der Waals surface area (Å²) in [7, 11) is -3.43. The zero-order chi connectivity index (χ0) is 21.0. The lowest BCUT2D eigenvalue weighted by atomic mass is 10.2. The Kier molecular flexibility index (Phi) is 7.05. The summed E-state index contributed by atoms with van der Waals surface area (Å²) in [5, 5.41) is 0.603. The molecule has 0 aromatic heterocycles. The Morgan fingerprint density at radius 2 is 1.69 bits per heavy atom. The van der Waals surface area contributed by atoms with Gasteiger partial charge in [-0.3, -0.25) is 4.79 Å². The minimum absolute atomic E-state index is 0.0471. The molecular formula is C20H22Cl2N2O4S. The Balaban J connectivity index is 1.57. The van der Waals surface area contributed by atoms with Crippen molar-refractivity contribution in [2.24, 2.45) is 0 Å². The molecule has 156 valence electrons. The van der Waals surface area contributed by atoms with Crippen molar-refractivity contribution in [2.45, 2.75) is 18.8 Å². The van der Waals surface area contributed by atoms with E-state index in [1.807, 2.05) is 18.2 Å². The Bertz CT molecular complexity index is 962. The maximum absolute atomic E-state index is 12.7. The Hall–Kier alpha value is -1.80. The van der Waals surface area contributed by atoms with Gasteiger partial charge in [0, 0.05) is 26.2 Å². The van der Waals surface area contributed by atoms with Crippen molar-refractivity contribution in [3.8, 4) is 5.75 Å². The Labute approximate surface area is 181 Å². The summed E-state index contributed by atoms with van der Waals surface area (Å²) in [6.45, 7) is 2.77. The predicted octanol–water partition coefficient (Wildman–Crippen LogP) is 3.43. The number of halogens is 2. The maximum Gasteiger partial charge on any atom is 0.263 e. The minimum Gasteiger partial charge on any atom is -0.479 e. The molecule has 6 nitrogen and oxygen atoms in total. The maximum atomic E-state index is 12.7. The van der Waals surface area contributed by atoms with E-state index in [2.05, 4.69) is 0 Å². The monoisotopic (exact) mass is 456 g/mol. The lowest BCUT2D eigenvalue weighted by Gasteiger charge is -2.35. The summed E-state index contributed by atoms with van der Waals surface area (Å²) < 4.78 is 32.4. The zero-order valence-electron chi connectivity index (χ0n) is 15.9. The molecule has 1 amide bonds. The summed E-state index contributed by atoms with van der Waals surface area (Å²) in [5.74, 6) is 0.0689. The molecule has 0 aliphatic carbocycles. The quantitative estimate of drug-likeness (QED) is 0.667. The standard InChI is InChI=1S/C20H22Cl2N2O4S/c1-15(28-18-9-5-8-17(21)19(18)22)20(25)23-10-12-24(13-11-23)29(26,27)14-16-6-3-2-4-7-16/h2-9,15H,10-14H2,1H3. The van der Waals surface area contributed by atoms with Gasteiger partial charge in [-0.1, -0.05) is 59.6 Å². The van der Waals surface area contributed by atoms with Crippen molar-refractivity contribution < 1.29 is 17.9 Å². The first-order chi connectivity index (χ1) is 13.8. The average Bonchev–Trinajstić information content (AvgIpc) is 2.71. The summed E-state index contributed by atoms with van der Waals surface area (Å²) in [4.78, 5) is 14.3. The van der Waals surface area contributed by atoms with Gasteiger partial charge in [-0.05, 0) is 24.6 Å². The first-order valence-corrected chi connectivity index (χ1v) is 11.6. The summed E-state index contributed by atoms with van der Waals surface area (Å²) in [6.07, 6.45) is -0.765. The number of amides is 1. The third-order valence-electron chi connectivity index (χ3n) is 4.70. The second-order valence-electron chi connectivity index (χ2n) is 6.78. The van der Waals surface area contributed by atoms with Crippen molar-refractivity contribution >= 4 is 39.1 Å². The molecule has 9 heteroatoms. The molecule has 1 heterocycles. The number of sulfonamides is 1. The second-order valence-corrected chi connectivity index (χ2v) is 9.53. The molecule has 2 aromatic rings. The smallest absolute Gasteiger partial charge is 0.263 e. The number of benzene rings is 2. The molecule has 1 aliphatic rings. The van der Waals surface area contributed by atoms with Crippen LogP contribution in [0.5, 0.6) is 5.75 Å². The van der Waals surface area contributed by atoms with Crippen LogP contribution >= 0.6 is 23.2 Å². The normalized spacial score (nSPS) is 16.4. The highest BCUT2D eigenvalue weighted by molar-refractivity contribution is 7.88. The van der Waals surface area contributed by atoms with Crippen LogP contribution in [0.1, 0.15) is 12.5 Å². The van der Waals surface area contributed by atoms with Gasteiger partial charge < -0.3 is 9.64 Å². The van der Waals surface area contributed by atoms with Crippen LogP contribution in [0.4, 0.5) is 0 Å². The molecule has 0 saturated carbocycles. The van der Waals surface area contributed by atoms with Gasteiger partial charge in [0.05, 0.1) is 10.8 Å². The van der Waals surface area contributed by atoms with Crippen molar-refractivity contribution in [3.63, 3.8) is 0 Å². The van der Waals surface area contributed by atoms with E-state index in [4.69, 9.17) is 27.9 Å². The number of nitrogens with zero attached hydrogens (tertiary/aromatic N) is 2. The molecule has 1 saturated heterocycles. The van der Waals surface area contributed by atoms with Crippen LogP contribution in [0.15, 0.2) is 48.5 Å². The number of rotatable bonds is 6. The first kappa shape index (κ1) is 21.9. The van der Waals surface area contributed by atoms with Crippen LogP contribution in [0.2, 0.25) is 10.0 Å². The van der Waals surface area contributed by atoms with E-state index in [0.29, 0.717) is 23.9 Å². The van der Waals surface area contributed by atoms with Crippen molar-refractivity contribution in [3.05, 3.63) is 64.1 Å². The second kappa shape index (κ2) is 9.34. The number of hydrogen-bond acceptors (Lipinski definition) is 4. The third-order valence-corrected chi connectivity index (χ3v) is 7.35. The topological polar surface area (TPSA) is 66.9 Å². The zero-order valence-corrected chi connectivity index (χ0v) is 18.3. The molecule has 1 atom stereocenters. The summed E-state index contributed by atoms with van der Waals surface area (Å²) in [6, 6.07) is 14.0. The van der Waals surface area contributed by atoms with Crippen LogP contribution in [-0.4, -0.2) is 55.8 Å². The molecule has 1 aliphatic heterocycles. The van der Waals surface area contributed by atoms with Gasteiger partial charge in [0.1, 0.15) is 10.8 Å². The largest absolute Gasteiger partial charge is 0.479 e. The van der Waals surface area contributed by atoms with Gasteiger partial charge in [0.15, 0.2) is 6.10 Å². The molecule has 0 bridgehead atoms. The van der Waals surface area contributed by atoms with Gasteiger partial charge in [-0.2, -0.15) is 4.31 Å². The van der Waals surface area contributed by atoms with Crippen molar-refractivity contribution in [1.29, 1.82) is 0 Å². The van der Waals surface area contributed by atoms with E-state index in [1.54, 1.807) is 42.2 Å². The van der Waals surface area contributed by atoms with E-state index in [9.17, 15) is 13.2 Å². The molecule has 0 spiro atoms. The molecule has 2 aromatic carbocycles. The molecule has 1 fully saturated rings. The van der Waals surface area contributed by atoms with E-state index in [1.165, 1.54) is 4.31 Å². The van der Waals surface area contributed by atoms with Crippen LogP contribution in [0.3, 0.4) is 0 Å². The Morgan fingerprint density at radius 1 is 1.03 bits per heavy atom. The fourth-order valence-electron chi connectivity index (χ4n) is 3.14. The number of ether oxygens (including phenoxy) is 1. The van der Waals surface area contributed by atoms with E-state index in [0.717, 1.165) is 5.56 Å². The van der Waals surface area contributed by atoms with Gasteiger partial charge in [-0.25, -0.2) is 8.42 Å². The summed E-state index contributed by atoms with van der Waals surface area (Å²) >= 11 is 12.1. The fourth-order valence-corrected chi connectivity index (χ4v) is 4.99. The molecule has 0 N–H and O–H groups in total. The minimum atomic E-state index is -3.43. The summed E-state index contributed by atoms with van der Waals surface area (Å²) in [5.41, 5.74) is 0.742. The van der Waals surface area contributed by atoms with E-state index >= 15 is 0 Å². The van der Waals surface area contributed by atoms with Gasteiger partial charge in [0.2, 0.25) is 10.0 Å². The average molecular weight is 457 g/mol. The van der Waals surface area contributed by atoms with E-state index < -0.39 is 16.1 Å². The highest BCUT2D eigenvalue weighted by Gasteiger charge is 2.31. The fraction of sp³-hybridized carbons (Fsp3) is 0.350. The molecule has 29 heavy (non-hydrogen) atoms. The van der Waals surface area contributed by atoms with E-state index in [-0.39, 0.29) is 29.8 Å². The first-order valence-electron chi connectivity index (χ1n) is 9.19. The SMILES string of the molecule is CC(Oc1cccc(Cl)c1Cl)C(=O)N1CCN(S(=O)(=O)Cc2ccccc2)CC1. The number of carbonyl (C=O) groups excluding carboxylic acids is 1. The highest BCUT2D eigenvalue weighted by Crippen LogP contribution is 2.32. The number of piperazine rings is 1. The third kappa shape index (κ3) is 5.42. The Morgan fingerprint density at radius 3 is 2.34 bits per heavy atom. The van der Waals surface area contributed by atoms with Crippen LogP contribution in [0, 0.1) is 0 Å². The van der Waals surface area contributed by atoms with Gasteiger partial charge in [-0.15, -0.1) is 0 Å². The number of carbonyl (C=O) groups is 1. The predicted molar refractivity (Wildman–Crippen MR) is 114 cm³/mol. The highest BCUT2D eigenvalue weighted by atomic mass is 35.5. The van der Waals surface area contributed by atoms with Gasteiger partial charge >= 0.3 is 0 Å². The van der Waals surface area contributed by atoms with Crippen LogP contribution in [0.25, 0.3) is 0 Å².